The van der Waals surface area contributed by atoms with Crippen molar-refractivity contribution in [1.82, 2.24) is 39.9 Å². The Morgan fingerprint density at radius 2 is 0.389 bits per heavy atom. The minimum atomic E-state index is 0.575. The summed E-state index contributed by atoms with van der Waals surface area (Å²) in [5.74, 6) is 3.59. The second-order valence-electron chi connectivity index (χ2n) is 26.8. The van der Waals surface area contributed by atoms with Gasteiger partial charge in [-0.1, -0.05) is 315 Å². The molecular weight excluding hydrogens is 1320 g/mol. The lowest BCUT2D eigenvalue weighted by Gasteiger charge is -2.13. The van der Waals surface area contributed by atoms with Crippen LogP contribution in [0.2, 0.25) is 0 Å². The van der Waals surface area contributed by atoms with E-state index in [-0.39, 0.29) is 0 Å². The predicted octanol–water partition coefficient (Wildman–Crippen LogP) is 25.3. The number of hydrogen-bond acceptors (Lipinski definition) is 10. The van der Waals surface area contributed by atoms with Crippen molar-refractivity contribution in [1.29, 1.82) is 0 Å². The van der Waals surface area contributed by atoms with Gasteiger partial charge in [-0.25, -0.2) is 39.9 Å². The number of hydrogen-bond donors (Lipinski definition) is 0. The predicted molar refractivity (Wildman–Crippen MR) is 440 cm³/mol. The maximum Gasteiger partial charge on any atom is 0.164 e. The molecule has 15 aromatic carbocycles. The largest absolute Gasteiger partial charge is 0.456 e. The highest BCUT2D eigenvalue weighted by Crippen LogP contribution is 2.45. The Bertz CT molecular complexity index is 6880. The summed E-state index contributed by atoms with van der Waals surface area (Å²) in [7, 11) is 0. The summed E-state index contributed by atoms with van der Waals surface area (Å²) >= 11 is 0. The van der Waals surface area contributed by atoms with E-state index < -0.39 is 0 Å². The Morgan fingerprint density at radius 3 is 0.722 bits per heavy atom. The van der Waals surface area contributed by atoms with E-state index in [4.69, 9.17) is 48.7 Å². The van der Waals surface area contributed by atoms with Crippen molar-refractivity contribution in [2.75, 3.05) is 0 Å². The normalized spacial score (nSPS) is 11.5. The Labute approximate surface area is 620 Å². The van der Waals surface area contributed by atoms with Gasteiger partial charge in [0.15, 0.2) is 34.9 Å². The van der Waals surface area contributed by atoms with E-state index in [1.807, 2.05) is 84.9 Å². The molecule has 0 spiro atoms. The van der Waals surface area contributed by atoms with Gasteiger partial charge in [-0.05, 0) is 81.9 Å². The first-order chi connectivity index (χ1) is 53.5. The molecule has 0 atom stereocenters. The number of para-hydroxylation sites is 2. The van der Waals surface area contributed by atoms with Gasteiger partial charge in [0, 0.05) is 98.4 Å². The fourth-order valence-corrected chi connectivity index (χ4v) is 15.0. The van der Waals surface area contributed by atoms with Crippen LogP contribution in [-0.4, -0.2) is 39.9 Å². The highest BCUT2D eigenvalue weighted by atomic mass is 16.3. The third-order valence-corrected chi connectivity index (χ3v) is 20.3. The van der Waals surface area contributed by atoms with Gasteiger partial charge >= 0.3 is 0 Å². The van der Waals surface area contributed by atoms with Gasteiger partial charge in [0.2, 0.25) is 0 Å². The molecule has 21 rings (SSSR count). The van der Waals surface area contributed by atoms with E-state index in [1.165, 1.54) is 0 Å². The topological polar surface area (TPSA) is 129 Å². The van der Waals surface area contributed by atoms with Crippen molar-refractivity contribution >= 4 is 87.2 Å². The van der Waals surface area contributed by atoms with E-state index in [0.29, 0.717) is 34.9 Å². The fraction of sp³-hybridized carbons (Fsp3) is 0. The Morgan fingerprint density at radius 1 is 0.148 bits per heavy atom. The minimum Gasteiger partial charge on any atom is -0.456 e. The molecule has 0 aliphatic rings. The number of pyridine rings is 2. The summed E-state index contributed by atoms with van der Waals surface area (Å²) in [4.78, 5) is 41.1. The number of nitrogens with zero attached hydrogens (tertiary/aromatic N) is 8. The summed E-state index contributed by atoms with van der Waals surface area (Å²) < 4.78 is 12.7. The Kier molecular flexibility index (Phi) is 15.6. The lowest BCUT2D eigenvalue weighted by atomic mass is 9.95. The van der Waals surface area contributed by atoms with Crippen LogP contribution in [0.15, 0.2) is 373 Å². The first kappa shape index (κ1) is 63.0. The third kappa shape index (κ3) is 11.6. The van der Waals surface area contributed by atoms with Crippen LogP contribution in [0.3, 0.4) is 0 Å². The fourth-order valence-electron chi connectivity index (χ4n) is 15.0. The molecule has 0 saturated carbocycles. The van der Waals surface area contributed by atoms with Crippen LogP contribution in [0.4, 0.5) is 0 Å². The molecule has 0 amide bonds. The summed E-state index contributed by atoms with van der Waals surface area (Å²) in [6.45, 7) is 0. The lowest BCUT2D eigenvalue weighted by Crippen LogP contribution is -2.00. The summed E-state index contributed by atoms with van der Waals surface area (Å²) in [5, 5.41) is 10.8. The molecule has 6 aromatic heterocycles. The maximum atomic E-state index is 6.38. The molecule has 0 radical (unpaired) electrons. The molecule has 10 heteroatoms. The summed E-state index contributed by atoms with van der Waals surface area (Å²) in [5.41, 5.74) is 21.3. The zero-order chi connectivity index (χ0) is 71.4. The average Bonchev–Trinajstić information content (AvgIpc) is 1.45. The molecule has 0 bridgehead atoms. The van der Waals surface area contributed by atoms with E-state index in [2.05, 4.69) is 279 Å². The number of fused-ring (bicyclic) bond motifs is 14. The first-order valence-electron chi connectivity index (χ1n) is 36.0. The molecule has 21 aromatic rings. The van der Waals surface area contributed by atoms with Crippen LogP contribution in [0.5, 0.6) is 0 Å². The molecule has 0 fully saturated rings. The van der Waals surface area contributed by atoms with Crippen LogP contribution in [0, 0.1) is 0 Å². The van der Waals surface area contributed by atoms with Gasteiger partial charge in [0.05, 0.1) is 22.4 Å². The molecule has 504 valence electrons. The number of furan rings is 2. The van der Waals surface area contributed by atoms with Crippen molar-refractivity contribution in [3.63, 3.8) is 0 Å². The van der Waals surface area contributed by atoms with Gasteiger partial charge in [-0.15, -0.1) is 0 Å². The van der Waals surface area contributed by atoms with Crippen molar-refractivity contribution in [3.05, 3.63) is 364 Å². The molecular formula is C98H60N8O2. The molecule has 0 aliphatic heterocycles. The van der Waals surface area contributed by atoms with Gasteiger partial charge in [-0.3, -0.25) is 0 Å². The monoisotopic (exact) mass is 1380 g/mol. The van der Waals surface area contributed by atoms with E-state index in [9.17, 15) is 0 Å². The second-order valence-corrected chi connectivity index (χ2v) is 26.8. The van der Waals surface area contributed by atoms with Gasteiger partial charge < -0.3 is 8.83 Å². The molecule has 0 aliphatic carbocycles. The highest BCUT2D eigenvalue weighted by molar-refractivity contribution is 6.30. The first-order valence-corrected chi connectivity index (χ1v) is 36.0. The standard InChI is InChI=1S/C52H32N4O.C46H28N4O/c1-4-12-33(13-5-1)35-20-24-38(25-21-35)50-54-51(39-26-22-36(23-27-39)34-14-6-2-7-15-34)56-52(55-50)40-28-29-41-44(32-40)53-49(37-16-8-3-9-17-37)43-30-31-46-48(47(41)43)42-18-10-11-19-45(42)57-46;1-4-12-29(13-5-1)30-20-22-33(23-21-30)45-48-44(32-16-8-3-9-17-32)49-46(50-45)34-24-25-35-38(28-34)47-43(31-14-6-2-7-15-31)37-26-27-40-42(41(35)37)36-18-10-11-19-39(36)51-40/h1-32H;1-28H. The van der Waals surface area contributed by atoms with Crippen LogP contribution >= 0.6 is 0 Å². The zero-order valence-electron chi connectivity index (χ0n) is 58.0. The minimum absolute atomic E-state index is 0.575. The Balaban J connectivity index is 0.000000143. The second kappa shape index (κ2) is 26.8. The van der Waals surface area contributed by atoms with E-state index >= 15 is 0 Å². The van der Waals surface area contributed by atoms with Crippen LogP contribution < -0.4 is 0 Å². The summed E-state index contributed by atoms with van der Waals surface area (Å²) in [6.07, 6.45) is 0. The lowest BCUT2D eigenvalue weighted by molar-refractivity contribution is 0.669. The number of benzene rings is 15. The maximum absolute atomic E-state index is 6.38. The number of aromatic nitrogens is 8. The molecule has 0 unspecified atom stereocenters. The van der Waals surface area contributed by atoms with Crippen LogP contribution in [0.1, 0.15) is 0 Å². The summed E-state index contributed by atoms with van der Waals surface area (Å²) in [6, 6.07) is 125. The van der Waals surface area contributed by atoms with E-state index in [1.54, 1.807) is 0 Å². The van der Waals surface area contributed by atoms with Crippen LogP contribution in [0.25, 0.3) is 211 Å². The van der Waals surface area contributed by atoms with Crippen molar-refractivity contribution < 1.29 is 8.83 Å². The quantitative estimate of drug-likeness (QED) is 0.115. The smallest absolute Gasteiger partial charge is 0.164 e. The van der Waals surface area contributed by atoms with Crippen molar-refractivity contribution in [2.24, 2.45) is 0 Å². The zero-order valence-corrected chi connectivity index (χ0v) is 58.0. The van der Waals surface area contributed by atoms with Gasteiger partial charge in [-0.2, -0.15) is 0 Å². The van der Waals surface area contributed by atoms with Gasteiger partial charge in [0.1, 0.15) is 22.3 Å². The third-order valence-electron chi connectivity index (χ3n) is 20.3. The molecule has 0 saturated heterocycles. The SMILES string of the molecule is c1ccc(-c2ccc(-c3nc(-c4ccc(-c5ccccc5)cc4)nc(-c4ccc5c(c4)nc(-c4ccccc4)c4ccc6oc7ccccc7c6c45)n3)cc2)cc1.c1ccc(-c2ccc(-c3nc(-c4ccccc4)nc(-c4ccc5c(c4)nc(-c4ccccc4)c4ccc6oc7ccccc7c6c45)n3)cc2)cc1. The van der Waals surface area contributed by atoms with Crippen LogP contribution in [-0.2, 0) is 0 Å². The van der Waals surface area contributed by atoms with Crippen molar-refractivity contribution in [2.45, 2.75) is 0 Å². The highest BCUT2D eigenvalue weighted by Gasteiger charge is 2.23. The van der Waals surface area contributed by atoms with Gasteiger partial charge in [0.25, 0.3) is 0 Å². The Hall–Kier alpha value is -14.7. The van der Waals surface area contributed by atoms with E-state index in [0.717, 1.165) is 177 Å². The molecule has 10 nitrogen and oxygen atoms in total. The number of rotatable bonds is 11. The molecule has 0 N–H and O–H groups in total. The van der Waals surface area contributed by atoms with Crippen molar-refractivity contribution in [3.8, 4) is 124 Å². The molecule has 6 heterocycles. The molecule has 108 heavy (non-hydrogen) atoms. The average molecular weight is 1380 g/mol.